The first kappa shape index (κ1) is 4.36. The van der Waals surface area contributed by atoms with Gasteiger partial charge < -0.3 is 4.74 Å². The fourth-order valence-corrected chi connectivity index (χ4v) is 1.47. The molecule has 2 rings (SSSR count). The van der Waals surface area contributed by atoms with Gasteiger partial charge in [0.15, 0.2) is 0 Å². The van der Waals surface area contributed by atoms with Crippen molar-refractivity contribution < 1.29 is 9.53 Å². The van der Waals surface area contributed by atoms with Gasteiger partial charge in [-0.2, -0.15) is 0 Å². The Balaban J connectivity index is 2.18. The largest absolute Gasteiger partial charge is 0.465 e. The minimum absolute atomic E-state index is 0.0301. The van der Waals surface area contributed by atoms with Crippen LogP contribution in [0.1, 0.15) is 6.92 Å². The summed E-state index contributed by atoms with van der Waals surface area (Å²) in [7, 11) is 0. The van der Waals surface area contributed by atoms with Crippen LogP contribution in [-0.2, 0) is 9.53 Å². The second-order valence-electron chi connectivity index (χ2n) is 2.68. The number of esters is 1. The van der Waals surface area contributed by atoms with E-state index in [9.17, 15) is 4.79 Å². The molecule has 0 spiro atoms. The molecular formula is C6H8O2. The lowest BCUT2D eigenvalue weighted by Crippen LogP contribution is -2.02. The van der Waals surface area contributed by atoms with Crippen molar-refractivity contribution in [3.8, 4) is 0 Å². The van der Waals surface area contributed by atoms with E-state index in [-0.39, 0.29) is 11.9 Å². The number of hydrogen-bond acceptors (Lipinski definition) is 2. The Morgan fingerprint density at radius 2 is 2.50 bits per heavy atom. The molecule has 8 heavy (non-hydrogen) atoms. The minimum Gasteiger partial charge on any atom is -0.465 e. The molecule has 0 radical (unpaired) electrons. The van der Waals surface area contributed by atoms with Crippen LogP contribution in [0.25, 0.3) is 0 Å². The Morgan fingerprint density at radius 1 is 1.75 bits per heavy atom. The van der Waals surface area contributed by atoms with E-state index in [2.05, 4.69) is 6.92 Å². The average Bonchev–Trinajstić information content (AvgIpc) is 2.13. The predicted molar refractivity (Wildman–Crippen MR) is 27.1 cm³/mol. The van der Waals surface area contributed by atoms with Crippen LogP contribution in [0.4, 0.5) is 0 Å². The van der Waals surface area contributed by atoms with E-state index in [0.29, 0.717) is 18.4 Å². The molecule has 1 saturated carbocycles. The fraction of sp³-hybridized carbons (Fsp3) is 0.833. The first-order valence-corrected chi connectivity index (χ1v) is 2.97. The van der Waals surface area contributed by atoms with E-state index < -0.39 is 0 Å². The van der Waals surface area contributed by atoms with Crippen LogP contribution in [0.5, 0.6) is 0 Å². The van der Waals surface area contributed by atoms with Crippen LogP contribution >= 0.6 is 0 Å². The molecule has 2 fully saturated rings. The van der Waals surface area contributed by atoms with E-state index in [1.807, 2.05) is 0 Å². The summed E-state index contributed by atoms with van der Waals surface area (Å²) in [6, 6.07) is 0. The number of hydrogen-bond donors (Lipinski definition) is 0. The second-order valence-corrected chi connectivity index (χ2v) is 2.68. The van der Waals surface area contributed by atoms with Crippen molar-refractivity contribution in [1.82, 2.24) is 0 Å². The van der Waals surface area contributed by atoms with Crippen molar-refractivity contribution >= 4 is 5.97 Å². The lowest BCUT2D eigenvalue weighted by atomic mass is 10.3. The van der Waals surface area contributed by atoms with Gasteiger partial charge in [-0.15, -0.1) is 0 Å². The van der Waals surface area contributed by atoms with Gasteiger partial charge in [-0.25, -0.2) is 0 Å². The van der Waals surface area contributed by atoms with Gasteiger partial charge in [0.05, 0.1) is 12.5 Å². The quantitative estimate of drug-likeness (QED) is 0.425. The molecule has 0 amide bonds. The second kappa shape index (κ2) is 1.07. The summed E-state index contributed by atoms with van der Waals surface area (Å²) >= 11 is 0. The lowest BCUT2D eigenvalue weighted by molar-refractivity contribution is -0.141. The highest BCUT2D eigenvalue weighted by atomic mass is 16.5. The van der Waals surface area contributed by atoms with Gasteiger partial charge in [-0.3, -0.25) is 4.79 Å². The Kier molecular flexibility index (Phi) is 0.581. The summed E-state index contributed by atoms with van der Waals surface area (Å²) in [4.78, 5) is 10.6. The number of rotatable bonds is 0. The summed E-state index contributed by atoms with van der Waals surface area (Å²) in [6.07, 6.45) is 0. The zero-order valence-corrected chi connectivity index (χ0v) is 4.76. The molecule has 2 aliphatic rings. The molecule has 2 nitrogen and oxygen atoms in total. The van der Waals surface area contributed by atoms with Gasteiger partial charge >= 0.3 is 5.97 Å². The van der Waals surface area contributed by atoms with E-state index >= 15 is 0 Å². The third-order valence-corrected chi connectivity index (χ3v) is 2.25. The van der Waals surface area contributed by atoms with Crippen LogP contribution in [-0.4, -0.2) is 12.6 Å². The van der Waals surface area contributed by atoms with Gasteiger partial charge in [-0.05, 0) is 5.92 Å². The standard InChI is InChI=1S/C6H8O2/c1-3-4-2-8-6(7)5(3)4/h3-5H,2H2,1H3/t3-,4-,5+/m1/s1. The van der Waals surface area contributed by atoms with Crippen molar-refractivity contribution in [2.75, 3.05) is 6.61 Å². The Morgan fingerprint density at radius 3 is 2.75 bits per heavy atom. The Bertz CT molecular complexity index is 141. The summed E-state index contributed by atoms with van der Waals surface area (Å²) in [5, 5.41) is 0. The number of cyclic esters (lactones) is 1. The van der Waals surface area contributed by atoms with Crippen molar-refractivity contribution in [3.63, 3.8) is 0 Å². The molecule has 2 heteroatoms. The monoisotopic (exact) mass is 112 g/mol. The van der Waals surface area contributed by atoms with Crippen LogP contribution < -0.4 is 0 Å². The van der Waals surface area contributed by atoms with Crippen LogP contribution in [0.15, 0.2) is 0 Å². The lowest BCUT2D eigenvalue weighted by Gasteiger charge is -1.94. The molecule has 0 unspecified atom stereocenters. The minimum atomic E-state index is 0.0301. The Labute approximate surface area is 47.8 Å². The van der Waals surface area contributed by atoms with E-state index in [0.717, 1.165) is 0 Å². The molecule has 1 aliphatic carbocycles. The number of ether oxygens (including phenoxy) is 1. The normalized spacial score (nSPS) is 50.6. The van der Waals surface area contributed by atoms with E-state index in [1.54, 1.807) is 0 Å². The maximum atomic E-state index is 10.6. The summed E-state index contributed by atoms with van der Waals surface area (Å²) < 4.78 is 4.75. The molecule has 3 atom stereocenters. The van der Waals surface area contributed by atoms with Crippen molar-refractivity contribution in [2.45, 2.75) is 6.92 Å². The third kappa shape index (κ3) is 0.320. The summed E-state index contributed by atoms with van der Waals surface area (Å²) in [6.45, 7) is 2.79. The molecule has 0 aromatic carbocycles. The molecule has 44 valence electrons. The van der Waals surface area contributed by atoms with Crippen molar-refractivity contribution in [1.29, 1.82) is 0 Å². The molecule has 0 aromatic rings. The Hall–Kier alpha value is -0.530. The number of carbonyl (C=O) groups excluding carboxylic acids is 1. The number of fused-ring (bicyclic) bond motifs is 1. The molecular weight excluding hydrogens is 104 g/mol. The van der Waals surface area contributed by atoms with Gasteiger partial charge in [0.2, 0.25) is 0 Å². The fourth-order valence-electron chi connectivity index (χ4n) is 1.47. The topological polar surface area (TPSA) is 26.3 Å². The van der Waals surface area contributed by atoms with Gasteiger partial charge in [0, 0.05) is 5.92 Å². The predicted octanol–water partition coefficient (Wildman–Crippen LogP) is 0.425. The van der Waals surface area contributed by atoms with E-state index in [4.69, 9.17) is 4.74 Å². The molecule has 1 aliphatic heterocycles. The van der Waals surface area contributed by atoms with Crippen LogP contribution in [0, 0.1) is 17.8 Å². The van der Waals surface area contributed by atoms with E-state index in [1.165, 1.54) is 0 Å². The molecule has 1 saturated heterocycles. The smallest absolute Gasteiger partial charge is 0.309 e. The highest BCUT2D eigenvalue weighted by molar-refractivity contribution is 5.78. The van der Waals surface area contributed by atoms with Crippen LogP contribution in [0.3, 0.4) is 0 Å². The molecule has 0 aromatic heterocycles. The van der Waals surface area contributed by atoms with Gasteiger partial charge in [0.1, 0.15) is 0 Å². The zero-order chi connectivity index (χ0) is 5.72. The van der Waals surface area contributed by atoms with Crippen molar-refractivity contribution in [2.24, 2.45) is 17.8 Å². The first-order chi connectivity index (χ1) is 3.80. The molecule has 0 N–H and O–H groups in total. The third-order valence-electron chi connectivity index (χ3n) is 2.25. The first-order valence-electron chi connectivity index (χ1n) is 2.97. The number of carbonyl (C=O) groups is 1. The molecule has 0 bridgehead atoms. The van der Waals surface area contributed by atoms with Gasteiger partial charge in [0.25, 0.3) is 0 Å². The van der Waals surface area contributed by atoms with Gasteiger partial charge in [-0.1, -0.05) is 6.92 Å². The highest BCUT2D eigenvalue weighted by Crippen LogP contribution is 2.50. The molecule has 1 heterocycles. The SMILES string of the molecule is C[C@@H]1[C@H]2COC(=O)[C@@H]12. The van der Waals surface area contributed by atoms with Crippen molar-refractivity contribution in [3.05, 3.63) is 0 Å². The summed E-state index contributed by atoms with van der Waals surface area (Å²) in [5.74, 6) is 1.52. The zero-order valence-electron chi connectivity index (χ0n) is 4.76. The highest BCUT2D eigenvalue weighted by Gasteiger charge is 2.57. The maximum Gasteiger partial charge on any atom is 0.309 e. The van der Waals surface area contributed by atoms with Crippen LogP contribution in [0.2, 0.25) is 0 Å². The average molecular weight is 112 g/mol. The maximum absolute atomic E-state index is 10.6. The summed E-state index contributed by atoms with van der Waals surface area (Å²) in [5.41, 5.74) is 0.